The minimum atomic E-state index is -0.455. The van der Waals surface area contributed by atoms with Crippen LogP contribution >= 0.6 is 0 Å². The number of benzene rings is 2. The summed E-state index contributed by atoms with van der Waals surface area (Å²) in [7, 11) is 0. The Morgan fingerprint density at radius 1 is 0.773 bits per heavy atom. The molecule has 2 aromatic rings. The zero-order valence-corrected chi connectivity index (χ0v) is 13.0. The molecule has 114 valence electrons. The van der Waals surface area contributed by atoms with Crippen LogP contribution in [0.15, 0.2) is 54.6 Å². The third-order valence-corrected chi connectivity index (χ3v) is 3.12. The minimum Gasteiger partial charge on any atom is -0.326 e. The van der Waals surface area contributed by atoms with Gasteiger partial charge in [-0.1, -0.05) is 39.0 Å². The van der Waals surface area contributed by atoms with E-state index in [2.05, 4.69) is 10.6 Å². The number of nitrogens with one attached hydrogen (secondary N) is 2. The first kappa shape index (κ1) is 15.8. The predicted octanol–water partition coefficient (Wildman–Crippen LogP) is 3.92. The third kappa shape index (κ3) is 4.19. The summed E-state index contributed by atoms with van der Waals surface area (Å²) < 4.78 is 0. The molecule has 0 spiro atoms. The number of carbonyl (C=O) groups excluding carboxylic acids is 2. The molecule has 0 aliphatic rings. The van der Waals surface area contributed by atoms with Crippen molar-refractivity contribution in [2.75, 3.05) is 10.6 Å². The van der Waals surface area contributed by atoms with E-state index < -0.39 is 5.41 Å². The van der Waals surface area contributed by atoms with E-state index in [9.17, 15) is 9.59 Å². The topological polar surface area (TPSA) is 58.2 Å². The van der Waals surface area contributed by atoms with Crippen molar-refractivity contribution in [1.29, 1.82) is 0 Å². The molecular formula is C18H20N2O2. The van der Waals surface area contributed by atoms with Crippen molar-refractivity contribution in [2.24, 2.45) is 5.41 Å². The van der Waals surface area contributed by atoms with Gasteiger partial charge in [-0.2, -0.15) is 0 Å². The Labute approximate surface area is 130 Å². The molecular weight excluding hydrogens is 276 g/mol. The fraction of sp³-hybridized carbons (Fsp3) is 0.222. The summed E-state index contributed by atoms with van der Waals surface area (Å²) in [6, 6.07) is 16.1. The van der Waals surface area contributed by atoms with Gasteiger partial charge in [0, 0.05) is 22.4 Å². The highest BCUT2D eigenvalue weighted by Gasteiger charge is 2.21. The molecule has 2 N–H and O–H groups in total. The smallest absolute Gasteiger partial charge is 0.255 e. The number of hydrogen-bond donors (Lipinski definition) is 2. The molecule has 0 saturated heterocycles. The molecule has 0 unspecified atom stereocenters. The van der Waals surface area contributed by atoms with Crippen LogP contribution in [0.25, 0.3) is 0 Å². The zero-order chi connectivity index (χ0) is 16.2. The van der Waals surface area contributed by atoms with Crippen molar-refractivity contribution in [1.82, 2.24) is 0 Å². The summed E-state index contributed by atoms with van der Waals surface area (Å²) >= 11 is 0. The molecule has 0 fully saturated rings. The lowest BCUT2D eigenvalue weighted by molar-refractivity contribution is -0.123. The SMILES string of the molecule is CC(C)(C)C(=O)Nc1ccc(C(=O)Nc2ccccc2)cc1. The fourth-order valence-electron chi connectivity index (χ4n) is 1.75. The molecule has 0 saturated carbocycles. The average molecular weight is 296 g/mol. The normalized spacial score (nSPS) is 10.9. The van der Waals surface area contributed by atoms with Crippen molar-refractivity contribution in [2.45, 2.75) is 20.8 Å². The first-order valence-corrected chi connectivity index (χ1v) is 7.14. The summed E-state index contributed by atoms with van der Waals surface area (Å²) in [6.07, 6.45) is 0. The number of carbonyl (C=O) groups is 2. The van der Waals surface area contributed by atoms with Crippen LogP contribution in [0.1, 0.15) is 31.1 Å². The second-order valence-corrected chi connectivity index (χ2v) is 6.10. The largest absolute Gasteiger partial charge is 0.326 e. The van der Waals surface area contributed by atoms with Gasteiger partial charge in [0.15, 0.2) is 0 Å². The number of anilines is 2. The minimum absolute atomic E-state index is 0.0611. The van der Waals surface area contributed by atoms with Gasteiger partial charge in [0.1, 0.15) is 0 Å². The Kier molecular flexibility index (Phi) is 4.61. The van der Waals surface area contributed by atoms with Crippen LogP contribution in [-0.2, 0) is 4.79 Å². The van der Waals surface area contributed by atoms with Gasteiger partial charge in [-0.3, -0.25) is 9.59 Å². The van der Waals surface area contributed by atoms with Crippen LogP contribution in [0.2, 0.25) is 0 Å². The lowest BCUT2D eigenvalue weighted by Crippen LogP contribution is -2.27. The Balaban J connectivity index is 2.03. The van der Waals surface area contributed by atoms with E-state index in [1.807, 2.05) is 51.1 Å². The molecule has 0 bridgehead atoms. The van der Waals surface area contributed by atoms with Crippen LogP contribution in [0.4, 0.5) is 11.4 Å². The van der Waals surface area contributed by atoms with Crippen molar-refractivity contribution in [3.05, 3.63) is 60.2 Å². The fourth-order valence-corrected chi connectivity index (χ4v) is 1.75. The third-order valence-electron chi connectivity index (χ3n) is 3.12. The number of amides is 2. The van der Waals surface area contributed by atoms with Crippen molar-refractivity contribution < 1.29 is 9.59 Å². The van der Waals surface area contributed by atoms with Crippen LogP contribution < -0.4 is 10.6 Å². The van der Waals surface area contributed by atoms with Gasteiger partial charge in [0.25, 0.3) is 5.91 Å². The molecule has 2 amide bonds. The van der Waals surface area contributed by atoms with Gasteiger partial charge in [-0.25, -0.2) is 0 Å². The van der Waals surface area contributed by atoms with Crippen molar-refractivity contribution in [3.8, 4) is 0 Å². The molecule has 0 heterocycles. The molecule has 0 aliphatic carbocycles. The summed E-state index contributed by atoms with van der Waals surface area (Å²) in [5.74, 6) is -0.242. The van der Waals surface area contributed by atoms with Crippen molar-refractivity contribution >= 4 is 23.2 Å². The summed E-state index contributed by atoms with van der Waals surface area (Å²) in [4.78, 5) is 24.0. The second kappa shape index (κ2) is 6.43. The van der Waals surface area contributed by atoms with E-state index >= 15 is 0 Å². The van der Waals surface area contributed by atoms with Crippen LogP contribution in [-0.4, -0.2) is 11.8 Å². The first-order chi connectivity index (χ1) is 10.4. The lowest BCUT2D eigenvalue weighted by atomic mass is 9.95. The molecule has 4 heteroatoms. The average Bonchev–Trinajstić information content (AvgIpc) is 2.48. The number of para-hydroxylation sites is 1. The lowest BCUT2D eigenvalue weighted by Gasteiger charge is -2.17. The summed E-state index contributed by atoms with van der Waals surface area (Å²) in [5, 5.41) is 5.64. The van der Waals surface area contributed by atoms with Gasteiger partial charge < -0.3 is 10.6 Å². The molecule has 4 nitrogen and oxygen atoms in total. The number of hydrogen-bond acceptors (Lipinski definition) is 2. The van der Waals surface area contributed by atoms with Gasteiger partial charge in [-0.15, -0.1) is 0 Å². The Morgan fingerprint density at radius 2 is 1.32 bits per heavy atom. The van der Waals surface area contributed by atoms with Gasteiger partial charge >= 0.3 is 0 Å². The van der Waals surface area contributed by atoms with E-state index in [1.54, 1.807) is 24.3 Å². The molecule has 2 aromatic carbocycles. The highest BCUT2D eigenvalue weighted by molar-refractivity contribution is 6.04. The second-order valence-electron chi connectivity index (χ2n) is 6.10. The van der Waals surface area contributed by atoms with E-state index in [4.69, 9.17) is 0 Å². The standard InChI is InChI=1S/C18H20N2O2/c1-18(2,3)17(22)20-15-11-9-13(10-12-15)16(21)19-14-7-5-4-6-8-14/h4-12H,1-3H3,(H,19,21)(H,20,22). The van der Waals surface area contributed by atoms with Crippen LogP contribution in [0, 0.1) is 5.41 Å². The van der Waals surface area contributed by atoms with E-state index in [0.29, 0.717) is 11.3 Å². The summed E-state index contributed by atoms with van der Waals surface area (Å²) in [6.45, 7) is 5.55. The molecule has 0 aliphatic heterocycles. The molecule has 0 aromatic heterocycles. The van der Waals surface area contributed by atoms with E-state index in [-0.39, 0.29) is 11.8 Å². The van der Waals surface area contributed by atoms with Crippen LogP contribution in [0.5, 0.6) is 0 Å². The van der Waals surface area contributed by atoms with E-state index in [1.165, 1.54) is 0 Å². The highest BCUT2D eigenvalue weighted by atomic mass is 16.2. The maximum Gasteiger partial charge on any atom is 0.255 e. The van der Waals surface area contributed by atoms with E-state index in [0.717, 1.165) is 5.69 Å². The molecule has 2 rings (SSSR count). The maximum atomic E-state index is 12.1. The molecule has 0 atom stereocenters. The monoisotopic (exact) mass is 296 g/mol. The first-order valence-electron chi connectivity index (χ1n) is 7.14. The highest BCUT2D eigenvalue weighted by Crippen LogP contribution is 2.18. The molecule has 22 heavy (non-hydrogen) atoms. The maximum absolute atomic E-state index is 12.1. The molecule has 0 radical (unpaired) electrons. The Morgan fingerprint density at radius 3 is 1.86 bits per heavy atom. The van der Waals surface area contributed by atoms with Gasteiger partial charge in [0.05, 0.1) is 0 Å². The van der Waals surface area contributed by atoms with Gasteiger partial charge in [-0.05, 0) is 36.4 Å². The van der Waals surface area contributed by atoms with Crippen LogP contribution in [0.3, 0.4) is 0 Å². The Bertz CT molecular complexity index is 656. The van der Waals surface area contributed by atoms with Crippen molar-refractivity contribution in [3.63, 3.8) is 0 Å². The summed E-state index contributed by atoms with van der Waals surface area (Å²) in [5.41, 5.74) is 1.51. The quantitative estimate of drug-likeness (QED) is 0.901. The Hall–Kier alpha value is -2.62. The number of rotatable bonds is 3. The zero-order valence-electron chi connectivity index (χ0n) is 13.0. The predicted molar refractivity (Wildman–Crippen MR) is 88.9 cm³/mol. The van der Waals surface area contributed by atoms with Gasteiger partial charge in [0.2, 0.25) is 5.91 Å².